The highest BCUT2D eigenvalue weighted by molar-refractivity contribution is 5.88. The summed E-state index contributed by atoms with van der Waals surface area (Å²) < 4.78 is 7.43. The average Bonchev–Trinajstić information content (AvgIpc) is 3.18. The van der Waals surface area contributed by atoms with Gasteiger partial charge in [0.15, 0.2) is 0 Å². The average molecular weight is 278 g/mol. The molecular weight excluding hydrogens is 256 g/mol. The van der Waals surface area contributed by atoms with Crippen LogP contribution in [0.1, 0.15) is 44.6 Å². The molecule has 0 spiro atoms. The molecule has 1 saturated heterocycles. The predicted molar refractivity (Wildman–Crippen MR) is 75.7 cm³/mol. The van der Waals surface area contributed by atoms with E-state index in [1.54, 1.807) is 6.20 Å². The van der Waals surface area contributed by atoms with Crippen molar-refractivity contribution >= 4 is 11.8 Å². The summed E-state index contributed by atoms with van der Waals surface area (Å²) in [6.07, 6.45) is 8.81. The molecule has 0 radical (unpaired) electrons. The van der Waals surface area contributed by atoms with E-state index in [4.69, 9.17) is 4.74 Å². The van der Waals surface area contributed by atoms with E-state index < -0.39 is 0 Å². The summed E-state index contributed by atoms with van der Waals surface area (Å²) in [4.78, 5) is 11.9. The predicted octanol–water partition coefficient (Wildman–Crippen LogP) is 2.30. The summed E-state index contributed by atoms with van der Waals surface area (Å²) >= 11 is 0. The second kappa shape index (κ2) is 6.26. The molecule has 2 amide bonds. The molecule has 2 aliphatic rings. The molecule has 1 aliphatic heterocycles. The molecular formula is C14H22N4O2. The topological polar surface area (TPSA) is 68.2 Å². The van der Waals surface area contributed by atoms with Gasteiger partial charge in [-0.2, -0.15) is 5.10 Å². The quantitative estimate of drug-likeness (QED) is 0.888. The molecule has 0 unspecified atom stereocenters. The molecule has 1 aromatic heterocycles. The Morgan fingerprint density at radius 2 is 2.20 bits per heavy atom. The van der Waals surface area contributed by atoms with E-state index in [1.807, 2.05) is 10.7 Å². The number of amides is 2. The van der Waals surface area contributed by atoms with Gasteiger partial charge >= 0.3 is 6.03 Å². The van der Waals surface area contributed by atoms with Crippen LogP contribution in [-0.4, -0.2) is 35.1 Å². The van der Waals surface area contributed by atoms with Gasteiger partial charge in [0.05, 0.1) is 18.3 Å². The van der Waals surface area contributed by atoms with Gasteiger partial charge in [0.2, 0.25) is 0 Å². The lowest BCUT2D eigenvalue weighted by atomic mass is 10.2. The largest absolute Gasteiger partial charge is 0.376 e. The minimum Gasteiger partial charge on any atom is -0.376 e. The maximum Gasteiger partial charge on any atom is 0.320 e. The number of anilines is 1. The molecule has 2 heterocycles. The fraction of sp³-hybridized carbons (Fsp3) is 0.714. The molecule has 2 N–H and O–H groups in total. The summed E-state index contributed by atoms with van der Waals surface area (Å²) in [5.74, 6) is 0.779. The van der Waals surface area contributed by atoms with Crippen LogP contribution in [0.5, 0.6) is 0 Å². The minimum absolute atomic E-state index is 0.167. The van der Waals surface area contributed by atoms with Gasteiger partial charge in [-0.15, -0.1) is 0 Å². The zero-order valence-electron chi connectivity index (χ0n) is 11.7. The molecule has 0 aromatic carbocycles. The van der Waals surface area contributed by atoms with Crippen molar-refractivity contribution in [3.63, 3.8) is 0 Å². The van der Waals surface area contributed by atoms with E-state index in [2.05, 4.69) is 15.7 Å². The maximum atomic E-state index is 11.9. The summed E-state index contributed by atoms with van der Waals surface area (Å²) in [5.41, 5.74) is 0. The van der Waals surface area contributed by atoms with Crippen molar-refractivity contribution in [1.29, 1.82) is 0 Å². The van der Waals surface area contributed by atoms with Gasteiger partial charge in [-0.1, -0.05) is 12.8 Å². The molecule has 110 valence electrons. The van der Waals surface area contributed by atoms with Crippen molar-refractivity contribution in [2.45, 2.75) is 50.7 Å². The van der Waals surface area contributed by atoms with E-state index in [1.165, 1.54) is 12.8 Å². The van der Waals surface area contributed by atoms with E-state index in [9.17, 15) is 4.79 Å². The number of hydrogen-bond donors (Lipinski definition) is 2. The highest BCUT2D eigenvalue weighted by atomic mass is 16.5. The second-order valence-electron chi connectivity index (χ2n) is 5.57. The highest BCUT2D eigenvalue weighted by Gasteiger charge is 2.21. The number of rotatable bonds is 4. The zero-order valence-corrected chi connectivity index (χ0v) is 11.7. The van der Waals surface area contributed by atoms with Crippen LogP contribution in [0.3, 0.4) is 0 Å². The van der Waals surface area contributed by atoms with Crippen LogP contribution in [0.15, 0.2) is 12.3 Å². The normalized spacial score (nSPS) is 23.1. The first kappa shape index (κ1) is 13.4. The summed E-state index contributed by atoms with van der Waals surface area (Å²) in [6, 6.07) is 2.10. The van der Waals surface area contributed by atoms with Crippen LogP contribution in [-0.2, 0) is 4.74 Å². The van der Waals surface area contributed by atoms with Crippen molar-refractivity contribution in [1.82, 2.24) is 15.1 Å². The standard InChI is InChI=1S/C14H22N4O2/c19-14(15-10-12-6-3-9-20-12)17-13-7-8-16-18(13)11-4-1-2-5-11/h7-8,11-12H,1-6,9-10H2,(H2,15,17,19)/t12-/m0/s1. The van der Waals surface area contributed by atoms with Crippen LogP contribution >= 0.6 is 0 Å². The Morgan fingerprint density at radius 3 is 2.95 bits per heavy atom. The van der Waals surface area contributed by atoms with Crippen LogP contribution in [0.2, 0.25) is 0 Å². The number of hydrogen-bond acceptors (Lipinski definition) is 3. The third-order valence-corrected chi connectivity index (χ3v) is 4.10. The van der Waals surface area contributed by atoms with Gasteiger partial charge in [-0.05, 0) is 25.7 Å². The SMILES string of the molecule is O=C(NC[C@@H]1CCCO1)Nc1ccnn1C1CCCC1. The zero-order chi connectivity index (χ0) is 13.8. The first-order valence-corrected chi connectivity index (χ1v) is 7.53. The Kier molecular flexibility index (Phi) is 4.20. The molecule has 1 aromatic rings. The smallest absolute Gasteiger partial charge is 0.320 e. The van der Waals surface area contributed by atoms with E-state index in [0.29, 0.717) is 12.6 Å². The Hall–Kier alpha value is -1.56. The molecule has 3 rings (SSSR count). The monoisotopic (exact) mass is 278 g/mol. The van der Waals surface area contributed by atoms with Crippen LogP contribution in [0.4, 0.5) is 10.6 Å². The number of nitrogens with zero attached hydrogens (tertiary/aromatic N) is 2. The Balaban J connectivity index is 1.51. The van der Waals surface area contributed by atoms with Gasteiger partial charge in [0.1, 0.15) is 5.82 Å². The fourth-order valence-electron chi connectivity index (χ4n) is 3.03. The molecule has 20 heavy (non-hydrogen) atoms. The molecule has 6 heteroatoms. The van der Waals surface area contributed by atoms with Crippen LogP contribution in [0.25, 0.3) is 0 Å². The van der Waals surface area contributed by atoms with Crippen molar-refractivity contribution < 1.29 is 9.53 Å². The number of nitrogens with one attached hydrogen (secondary N) is 2. The highest BCUT2D eigenvalue weighted by Crippen LogP contribution is 2.31. The van der Waals surface area contributed by atoms with Crippen molar-refractivity contribution in [2.24, 2.45) is 0 Å². The van der Waals surface area contributed by atoms with Crippen molar-refractivity contribution in [2.75, 3.05) is 18.5 Å². The summed E-state index contributed by atoms with van der Waals surface area (Å²) in [5, 5.41) is 10.1. The number of aromatic nitrogens is 2. The molecule has 1 atom stereocenters. The maximum absolute atomic E-state index is 11.9. The number of urea groups is 1. The van der Waals surface area contributed by atoms with Gasteiger partial charge in [0.25, 0.3) is 0 Å². The van der Waals surface area contributed by atoms with E-state index in [-0.39, 0.29) is 12.1 Å². The van der Waals surface area contributed by atoms with Crippen LogP contribution in [0, 0.1) is 0 Å². The Labute approximate surface area is 118 Å². The lowest BCUT2D eigenvalue weighted by Crippen LogP contribution is -2.35. The van der Waals surface area contributed by atoms with E-state index >= 15 is 0 Å². The summed E-state index contributed by atoms with van der Waals surface area (Å²) in [7, 11) is 0. The van der Waals surface area contributed by atoms with E-state index in [0.717, 1.165) is 38.1 Å². The lowest BCUT2D eigenvalue weighted by molar-refractivity contribution is 0.112. The molecule has 1 aliphatic carbocycles. The number of ether oxygens (including phenoxy) is 1. The van der Waals surface area contributed by atoms with Gasteiger partial charge in [-0.25, -0.2) is 9.48 Å². The third kappa shape index (κ3) is 3.12. The fourth-order valence-corrected chi connectivity index (χ4v) is 3.03. The lowest BCUT2D eigenvalue weighted by Gasteiger charge is -2.16. The molecule has 6 nitrogen and oxygen atoms in total. The Bertz CT molecular complexity index is 448. The van der Waals surface area contributed by atoms with Gasteiger partial charge < -0.3 is 10.1 Å². The molecule has 1 saturated carbocycles. The third-order valence-electron chi connectivity index (χ3n) is 4.10. The van der Waals surface area contributed by atoms with Crippen molar-refractivity contribution in [3.8, 4) is 0 Å². The molecule has 2 fully saturated rings. The first-order valence-electron chi connectivity index (χ1n) is 7.53. The number of carbonyl (C=O) groups excluding carboxylic acids is 1. The first-order chi connectivity index (χ1) is 9.83. The Morgan fingerprint density at radius 1 is 1.35 bits per heavy atom. The second-order valence-corrected chi connectivity index (χ2v) is 5.57. The van der Waals surface area contributed by atoms with Gasteiger partial charge in [0, 0.05) is 19.2 Å². The minimum atomic E-state index is -0.180. The number of carbonyl (C=O) groups is 1. The van der Waals surface area contributed by atoms with Crippen LogP contribution < -0.4 is 10.6 Å². The summed E-state index contributed by atoms with van der Waals surface area (Å²) in [6.45, 7) is 1.38. The van der Waals surface area contributed by atoms with Gasteiger partial charge in [-0.3, -0.25) is 5.32 Å². The van der Waals surface area contributed by atoms with Crippen molar-refractivity contribution in [3.05, 3.63) is 12.3 Å². The molecule has 0 bridgehead atoms.